The van der Waals surface area contributed by atoms with Gasteiger partial charge in [0.2, 0.25) is 0 Å². The zero-order chi connectivity index (χ0) is 17.2. The van der Waals surface area contributed by atoms with E-state index < -0.39 is 0 Å². The highest BCUT2D eigenvalue weighted by atomic mass is 127. The van der Waals surface area contributed by atoms with E-state index in [0.717, 1.165) is 63.2 Å². The molecule has 0 bridgehead atoms. The van der Waals surface area contributed by atoms with Gasteiger partial charge >= 0.3 is 0 Å². The molecular formula is C19H31ClIN3O. The van der Waals surface area contributed by atoms with Crippen LogP contribution in [-0.2, 0) is 11.2 Å². The van der Waals surface area contributed by atoms with Crippen molar-refractivity contribution >= 4 is 41.5 Å². The van der Waals surface area contributed by atoms with Crippen molar-refractivity contribution in [1.29, 1.82) is 0 Å². The zero-order valence-corrected chi connectivity index (χ0v) is 18.4. The van der Waals surface area contributed by atoms with Crippen molar-refractivity contribution in [2.45, 2.75) is 33.1 Å². The molecule has 25 heavy (non-hydrogen) atoms. The summed E-state index contributed by atoms with van der Waals surface area (Å²) in [6.07, 6.45) is 3.16. The van der Waals surface area contributed by atoms with Crippen LogP contribution in [0.15, 0.2) is 29.3 Å². The SMILES string of the molecule is CCNC(=NCCCc1ccccc1Cl)N1CCC(COCC)C1.I. The molecule has 0 aromatic heterocycles. The van der Waals surface area contributed by atoms with Crippen LogP contribution in [0.3, 0.4) is 0 Å². The van der Waals surface area contributed by atoms with Gasteiger partial charge in [0.15, 0.2) is 5.96 Å². The average Bonchev–Trinajstić information content (AvgIpc) is 3.06. The summed E-state index contributed by atoms with van der Waals surface area (Å²) in [6, 6.07) is 8.06. The number of nitrogens with zero attached hydrogens (tertiary/aromatic N) is 2. The standard InChI is InChI=1S/C19H30ClN3O.HI/c1-3-21-19(23-13-11-16(14-23)15-24-4-2)22-12-7-9-17-8-5-6-10-18(17)20;/h5-6,8,10,16H,3-4,7,9,11-15H2,1-2H3,(H,21,22);1H. The van der Waals surface area contributed by atoms with Crippen LogP contribution in [0.25, 0.3) is 0 Å². The molecule has 1 atom stereocenters. The first-order valence-electron chi connectivity index (χ1n) is 9.09. The van der Waals surface area contributed by atoms with Crippen LogP contribution in [0.4, 0.5) is 0 Å². The van der Waals surface area contributed by atoms with Crippen molar-refractivity contribution in [2.75, 3.05) is 39.4 Å². The summed E-state index contributed by atoms with van der Waals surface area (Å²) < 4.78 is 5.56. The van der Waals surface area contributed by atoms with Crippen molar-refractivity contribution in [1.82, 2.24) is 10.2 Å². The van der Waals surface area contributed by atoms with E-state index in [4.69, 9.17) is 21.3 Å². The topological polar surface area (TPSA) is 36.9 Å². The van der Waals surface area contributed by atoms with Gasteiger partial charge in [0.05, 0.1) is 6.61 Å². The van der Waals surface area contributed by atoms with Gasteiger partial charge in [-0.05, 0) is 44.7 Å². The number of aryl methyl sites for hydroxylation is 1. The van der Waals surface area contributed by atoms with Crippen molar-refractivity contribution in [3.63, 3.8) is 0 Å². The second kappa shape index (κ2) is 12.8. The van der Waals surface area contributed by atoms with Gasteiger partial charge in [-0.15, -0.1) is 24.0 Å². The number of likely N-dealkylation sites (tertiary alicyclic amines) is 1. The molecule has 0 amide bonds. The van der Waals surface area contributed by atoms with Gasteiger partial charge < -0.3 is 15.0 Å². The number of nitrogens with one attached hydrogen (secondary N) is 1. The number of hydrogen-bond donors (Lipinski definition) is 1. The van der Waals surface area contributed by atoms with Gasteiger partial charge in [0.1, 0.15) is 0 Å². The fourth-order valence-corrected chi connectivity index (χ4v) is 3.26. The maximum atomic E-state index is 6.21. The van der Waals surface area contributed by atoms with Crippen molar-refractivity contribution < 1.29 is 4.74 Å². The molecule has 2 rings (SSSR count). The van der Waals surface area contributed by atoms with Gasteiger partial charge in [0, 0.05) is 43.7 Å². The number of halogens is 2. The van der Waals surface area contributed by atoms with Crippen LogP contribution < -0.4 is 5.32 Å². The van der Waals surface area contributed by atoms with Gasteiger partial charge in [-0.1, -0.05) is 29.8 Å². The molecule has 1 N–H and O–H groups in total. The van der Waals surface area contributed by atoms with Crippen LogP contribution >= 0.6 is 35.6 Å². The molecule has 1 aromatic rings. The van der Waals surface area contributed by atoms with Gasteiger partial charge in [-0.25, -0.2) is 0 Å². The Morgan fingerprint density at radius 2 is 2.16 bits per heavy atom. The number of benzene rings is 1. The molecule has 6 heteroatoms. The van der Waals surface area contributed by atoms with E-state index in [-0.39, 0.29) is 24.0 Å². The number of guanidine groups is 1. The molecule has 1 aliphatic heterocycles. The van der Waals surface area contributed by atoms with Crippen molar-refractivity contribution in [3.05, 3.63) is 34.9 Å². The normalized spacial score (nSPS) is 17.5. The van der Waals surface area contributed by atoms with E-state index in [1.807, 2.05) is 18.2 Å². The minimum Gasteiger partial charge on any atom is -0.381 e. The number of rotatable bonds is 8. The van der Waals surface area contributed by atoms with E-state index in [2.05, 4.69) is 30.1 Å². The third kappa shape index (κ3) is 7.71. The molecular weight excluding hydrogens is 449 g/mol. The molecule has 1 saturated heterocycles. The van der Waals surface area contributed by atoms with Crippen LogP contribution in [-0.4, -0.2) is 50.3 Å². The summed E-state index contributed by atoms with van der Waals surface area (Å²) in [4.78, 5) is 7.17. The number of hydrogen-bond acceptors (Lipinski definition) is 2. The molecule has 1 fully saturated rings. The number of ether oxygens (including phenoxy) is 1. The summed E-state index contributed by atoms with van der Waals surface area (Å²) in [7, 11) is 0. The predicted molar refractivity (Wildman–Crippen MR) is 117 cm³/mol. The smallest absolute Gasteiger partial charge is 0.193 e. The minimum atomic E-state index is 0. The molecule has 1 heterocycles. The van der Waals surface area contributed by atoms with E-state index in [1.165, 1.54) is 12.0 Å². The van der Waals surface area contributed by atoms with Crippen molar-refractivity contribution in [2.24, 2.45) is 10.9 Å². The second-order valence-electron chi connectivity index (χ2n) is 6.19. The quantitative estimate of drug-likeness (QED) is 0.263. The molecule has 0 spiro atoms. The molecule has 1 unspecified atom stereocenters. The third-order valence-electron chi connectivity index (χ3n) is 4.30. The first-order chi connectivity index (χ1) is 11.7. The lowest BCUT2D eigenvalue weighted by Crippen LogP contribution is -2.40. The fraction of sp³-hybridized carbons (Fsp3) is 0.632. The lowest BCUT2D eigenvalue weighted by molar-refractivity contribution is 0.114. The fourth-order valence-electron chi connectivity index (χ4n) is 3.03. The molecule has 0 radical (unpaired) electrons. The van der Waals surface area contributed by atoms with Crippen LogP contribution in [0, 0.1) is 5.92 Å². The van der Waals surface area contributed by atoms with Crippen LogP contribution in [0.1, 0.15) is 32.3 Å². The minimum absolute atomic E-state index is 0. The average molecular weight is 480 g/mol. The Balaban J connectivity index is 0.00000312. The van der Waals surface area contributed by atoms with Gasteiger partial charge in [-0.3, -0.25) is 4.99 Å². The summed E-state index contributed by atoms with van der Waals surface area (Å²) >= 11 is 6.21. The highest BCUT2D eigenvalue weighted by molar-refractivity contribution is 14.0. The van der Waals surface area contributed by atoms with E-state index >= 15 is 0 Å². The van der Waals surface area contributed by atoms with E-state index in [9.17, 15) is 0 Å². The second-order valence-corrected chi connectivity index (χ2v) is 6.60. The first-order valence-corrected chi connectivity index (χ1v) is 9.46. The van der Waals surface area contributed by atoms with Crippen molar-refractivity contribution in [3.8, 4) is 0 Å². The highest BCUT2D eigenvalue weighted by Crippen LogP contribution is 2.18. The van der Waals surface area contributed by atoms with E-state index in [0.29, 0.717) is 5.92 Å². The lowest BCUT2D eigenvalue weighted by atomic mass is 10.1. The van der Waals surface area contributed by atoms with Crippen LogP contribution in [0.2, 0.25) is 5.02 Å². The Morgan fingerprint density at radius 3 is 2.88 bits per heavy atom. The Morgan fingerprint density at radius 1 is 1.36 bits per heavy atom. The Bertz CT molecular complexity index is 527. The molecule has 142 valence electrons. The molecule has 0 saturated carbocycles. The summed E-state index contributed by atoms with van der Waals surface area (Å²) in [5, 5.41) is 4.27. The molecule has 1 aliphatic rings. The maximum absolute atomic E-state index is 6.21. The molecule has 0 aliphatic carbocycles. The highest BCUT2D eigenvalue weighted by Gasteiger charge is 2.24. The first kappa shape index (κ1) is 22.5. The molecule has 1 aromatic carbocycles. The Hall–Kier alpha value is -0.530. The Kier molecular flexibility index (Phi) is 11.5. The largest absolute Gasteiger partial charge is 0.381 e. The summed E-state index contributed by atoms with van der Waals surface area (Å²) in [5.74, 6) is 1.66. The monoisotopic (exact) mass is 479 g/mol. The van der Waals surface area contributed by atoms with Crippen LogP contribution in [0.5, 0.6) is 0 Å². The maximum Gasteiger partial charge on any atom is 0.193 e. The zero-order valence-electron chi connectivity index (χ0n) is 15.3. The summed E-state index contributed by atoms with van der Waals surface area (Å²) in [5.41, 5.74) is 1.21. The lowest BCUT2D eigenvalue weighted by Gasteiger charge is -2.21. The predicted octanol–water partition coefficient (Wildman–Crippen LogP) is 4.21. The van der Waals surface area contributed by atoms with Gasteiger partial charge in [-0.2, -0.15) is 0 Å². The van der Waals surface area contributed by atoms with E-state index in [1.54, 1.807) is 0 Å². The molecule has 4 nitrogen and oxygen atoms in total. The Labute approximate surface area is 174 Å². The third-order valence-corrected chi connectivity index (χ3v) is 4.67. The van der Waals surface area contributed by atoms with Gasteiger partial charge in [0.25, 0.3) is 0 Å². The number of aliphatic imine (C=N–C) groups is 1. The summed E-state index contributed by atoms with van der Waals surface area (Å²) in [6.45, 7) is 9.65.